The second-order valence-corrected chi connectivity index (χ2v) is 5.95. The summed E-state index contributed by atoms with van der Waals surface area (Å²) in [7, 11) is 0. The number of ether oxygens (including phenoxy) is 1. The van der Waals surface area contributed by atoms with Crippen LogP contribution in [0.25, 0.3) is 0 Å². The maximum atomic E-state index is 5.91. The lowest BCUT2D eigenvalue weighted by atomic mass is 10.2. The largest absolute Gasteiger partial charge is 0.373 e. The first-order valence-corrected chi connectivity index (χ1v) is 7.64. The number of anilines is 2. The zero-order valence-corrected chi connectivity index (χ0v) is 12.8. The third kappa shape index (κ3) is 2.88. The molecule has 1 aromatic heterocycles. The van der Waals surface area contributed by atoms with Crippen molar-refractivity contribution in [1.29, 1.82) is 0 Å². The van der Waals surface area contributed by atoms with Crippen LogP contribution in [0.2, 0.25) is 0 Å². The molecular formula is C12H19BrN6O. The van der Waals surface area contributed by atoms with E-state index in [0.717, 1.165) is 30.0 Å². The number of halogens is 1. The topological polar surface area (TPSA) is 88.3 Å². The second kappa shape index (κ2) is 6.21. The number of fused-ring (bicyclic) bond motifs is 1. The second-order valence-electron chi connectivity index (χ2n) is 5.16. The first-order chi connectivity index (χ1) is 9.78. The maximum absolute atomic E-state index is 5.91. The number of rotatable bonds is 4. The number of nitrogen functional groups attached to an aromatic ring is 1. The van der Waals surface area contributed by atoms with Crippen LogP contribution in [0.5, 0.6) is 0 Å². The lowest BCUT2D eigenvalue weighted by Crippen LogP contribution is -2.48. The SMILES string of the molecule is NNc1ncnc(NCC2CN3CCCC3CO2)c1Br. The molecule has 2 unspecified atom stereocenters. The summed E-state index contributed by atoms with van der Waals surface area (Å²) in [4.78, 5) is 10.8. The quantitative estimate of drug-likeness (QED) is 0.550. The van der Waals surface area contributed by atoms with Crippen LogP contribution in [-0.2, 0) is 4.74 Å². The first kappa shape index (κ1) is 14.0. The van der Waals surface area contributed by atoms with Crippen LogP contribution in [0, 0.1) is 0 Å². The molecule has 0 saturated carbocycles. The molecule has 0 radical (unpaired) electrons. The molecular weight excluding hydrogens is 324 g/mol. The van der Waals surface area contributed by atoms with Gasteiger partial charge in [0.25, 0.3) is 0 Å². The molecule has 3 rings (SSSR count). The molecule has 0 bridgehead atoms. The third-order valence-corrected chi connectivity index (χ3v) is 4.64. The molecule has 2 aliphatic heterocycles. The zero-order chi connectivity index (χ0) is 13.9. The van der Waals surface area contributed by atoms with E-state index in [1.165, 1.54) is 25.7 Å². The molecule has 0 spiro atoms. The van der Waals surface area contributed by atoms with Crippen molar-refractivity contribution >= 4 is 27.6 Å². The minimum absolute atomic E-state index is 0.195. The van der Waals surface area contributed by atoms with Crippen molar-refractivity contribution in [3.05, 3.63) is 10.8 Å². The fraction of sp³-hybridized carbons (Fsp3) is 0.667. The molecule has 0 amide bonds. The highest BCUT2D eigenvalue weighted by Crippen LogP contribution is 2.26. The van der Waals surface area contributed by atoms with Crippen LogP contribution in [0.3, 0.4) is 0 Å². The summed E-state index contributed by atoms with van der Waals surface area (Å²) in [5, 5.41) is 3.29. The van der Waals surface area contributed by atoms with Gasteiger partial charge in [0.15, 0.2) is 5.82 Å². The molecule has 0 aliphatic carbocycles. The van der Waals surface area contributed by atoms with Gasteiger partial charge >= 0.3 is 0 Å². The average Bonchev–Trinajstić information content (AvgIpc) is 2.93. The summed E-state index contributed by atoms with van der Waals surface area (Å²) >= 11 is 3.43. The predicted octanol–water partition coefficient (Wildman–Crippen LogP) is 0.800. The zero-order valence-electron chi connectivity index (χ0n) is 11.2. The van der Waals surface area contributed by atoms with E-state index in [9.17, 15) is 0 Å². The van der Waals surface area contributed by atoms with E-state index in [1.54, 1.807) is 0 Å². The van der Waals surface area contributed by atoms with Gasteiger partial charge in [0.1, 0.15) is 16.6 Å². The van der Waals surface area contributed by atoms with Gasteiger partial charge in [-0.25, -0.2) is 15.8 Å². The molecule has 3 heterocycles. The van der Waals surface area contributed by atoms with Crippen molar-refractivity contribution in [2.75, 3.05) is 37.0 Å². The van der Waals surface area contributed by atoms with E-state index in [4.69, 9.17) is 10.6 Å². The predicted molar refractivity (Wildman–Crippen MR) is 80.4 cm³/mol. The Morgan fingerprint density at radius 1 is 1.45 bits per heavy atom. The van der Waals surface area contributed by atoms with E-state index in [-0.39, 0.29) is 6.10 Å². The number of hydrogen-bond acceptors (Lipinski definition) is 7. The molecule has 8 heteroatoms. The molecule has 2 atom stereocenters. The molecule has 0 aromatic carbocycles. The molecule has 20 heavy (non-hydrogen) atoms. The maximum Gasteiger partial charge on any atom is 0.159 e. The molecule has 7 nitrogen and oxygen atoms in total. The van der Waals surface area contributed by atoms with Crippen molar-refractivity contribution in [2.24, 2.45) is 5.84 Å². The van der Waals surface area contributed by atoms with E-state index in [0.29, 0.717) is 11.9 Å². The Bertz CT molecular complexity index is 473. The minimum atomic E-state index is 0.195. The highest BCUT2D eigenvalue weighted by atomic mass is 79.9. The van der Waals surface area contributed by atoms with Crippen molar-refractivity contribution in [3.63, 3.8) is 0 Å². The summed E-state index contributed by atoms with van der Waals surface area (Å²) in [6.07, 6.45) is 4.22. The molecule has 2 saturated heterocycles. The van der Waals surface area contributed by atoms with Crippen LogP contribution < -0.4 is 16.6 Å². The van der Waals surface area contributed by atoms with Gasteiger partial charge in [-0.1, -0.05) is 0 Å². The van der Waals surface area contributed by atoms with Crippen molar-refractivity contribution in [3.8, 4) is 0 Å². The monoisotopic (exact) mass is 342 g/mol. The normalized spacial score (nSPS) is 26.3. The summed E-state index contributed by atoms with van der Waals surface area (Å²) in [5.41, 5.74) is 2.53. The van der Waals surface area contributed by atoms with E-state index >= 15 is 0 Å². The van der Waals surface area contributed by atoms with Gasteiger partial charge in [-0.15, -0.1) is 0 Å². The van der Waals surface area contributed by atoms with Gasteiger partial charge < -0.3 is 15.5 Å². The number of hydrogen-bond donors (Lipinski definition) is 3. The Hall–Kier alpha value is -0.960. The Labute approximate surface area is 126 Å². The van der Waals surface area contributed by atoms with Gasteiger partial charge in [-0.2, -0.15) is 0 Å². The Balaban J connectivity index is 1.57. The highest BCUT2D eigenvalue weighted by Gasteiger charge is 2.32. The van der Waals surface area contributed by atoms with Crippen LogP contribution in [0.15, 0.2) is 10.8 Å². The number of nitrogens with two attached hydrogens (primary N) is 1. The van der Waals surface area contributed by atoms with E-state index < -0.39 is 0 Å². The van der Waals surface area contributed by atoms with Gasteiger partial charge in [0.2, 0.25) is 0 Å². The van der Waals surface area contributed by atoms with Crippen LogP contribution in [0.1, 0.15) is 12.8 Å². The Morgan fingerprint density at radius 3 is 3.15 bits per heavy atom. The standard InChI is InChI=1S/C12H19BrN6O/c13-10-11(16-7-17-12(10)18-14)15-4-9-5-19-3-1-2-8(19)6-20-9/h7-9H,1-6,14H2,(H2,15,16,17,18). The lowest BCUT2D eigenvalue weighted by molar-refractivity contribution is -0.0416. The average molecular weight is 343 g/mol. The molecule has 4 N–H and O–H groups in total. The Morgan fingerprint density at radius 2 is 2.30 bits per heavy atom. The number of morpholine rings is 1. The Kier molecular flexibility index (Phi) is 4.35. The van der Waals surface area contributed by atoms with Gasteiger partial charge in [0, 0.05) is 19.1 Å². The number of hydrazine groups is 1. The van der Waals surface area contributed by atoms with Crippen LogP contribution >= 0.6 is 15.9 Å². The molecule has 110 valence electrons. The lowest BCUT2D eigenvalue weighted by Gasteiger charge is -2.35. The third-order valence-electron chi connectivity index (χ3n) is 3.88. The number of nitrogens with zero attached hydrogens (tertiary/aromatic N) is 3. The fourth-order valence-electron chi connectivity index (χ4n) is 2.81. The van der Waals surface area contributed by atoms with Gasteiger partial charge in [-0.05, 0) is 35.3 Å². The first-order valence-electron chi connectivity index (χ1n) is 6.84. The van der Waals surface area contributed by atoms with E-state index in [1.807, 2.05) is 0 Å². The van der Waals surface area contributed by atoms with Crippen molar-refractivity contribution in [2.45, 2.75) is 25.0 Å². The van der Waals surface area contributed by atoms with Gasteiger partial charge in [-0.3, -0.25) is 4.90 Å². The van der Waals surface area contributed by atoms with Crippen LogP contribution in [0.4, 0.5) is 11.6 Å². The summed E-state index contributed by atoms with van der Waals surface area (Å²) < 4.78 is 6.64. The molecule has 2 fully saturated rings. The van der Waals surface area contributed by atoms with Gasteiger partial charge in [0.05, 0.1) is 12.7 Å². The number of nitrogens with one attached hydrogen (secondary N) is 2. The highest BCUT2D eigenvalue weighted by molar-refractivity contribution is 9.10. The summed E-state index contributed by atoms with van der Waals surface area (Å²) in [6.45, 7) is 3.75. The summed E-state index contributed by atoms with van der Waals surface area (Å²) in [5.74, 6) is 6.67. The van der Waals surface area contributed by atoms with Crippen LogP contribution in [-0.4, -0.2) is 53.3 Å². The van der Waals surface area contributed by atoms with Crippen molar-refractivity contribution < 1.29 is 4.74 Å². The summed E-state index contributed by atoms with van der Waals surface area (Å²) in [6, 6.07) is 0.630. The minimum Gasteiger partial charge on any atom is -0.373 e. The van der Waals surface area contributed by atoms with E-state index in [2.05, 4.69) is 41.5 Å². The molecule has 1 aromatic rings. The fourth-order valence-corrected chi connectivity index (χ4v) is 3.27. The number of aromatic nitrogens is 2. The van der Waals surface area contributed by atoms with Crippen molar-refractivity contribution in [1.82, 2.24) is 14.9 Å². The smallest absolute Gasteiger partial charge is 0.159 e. The molecule has 2 aliphatic rings.